The second kappa shape index (κ2) is 4.81. The van der Waals surface area contributed by atoms with Crippen molar-refractivity contribution in [2.24, 2.45) is 0 Å². The van der Waals surface area contributed by atoms with E-state index in [1.165, 1.54) is 4.31 Å². The number of rotatable bonds is 1. The number of aryl methyl sites for hydroxylation is 1. The van der Waals surface area contributed by atoms with Crippen molar-refractivity contribution in [2.75, 3.05) is 17.1 Å². The maximum absolute atomic E-state index is 15.8. The standard InChI is InChI=1S/C18H18FNO2S/c1-23(21,22)20-12-18(19)11-10-13-6-2-3-7-14(13)17(18)15-8-4-5-9-16(15)20/h2-9,17H,10-12H2,1H3/t17-,18-/m1/s1. The molecule has 0 aromatic heterocycles. The highest BCUT2D eigenvalue weighted by Gasteiger charge is 2.51. The molecule has 0 N–H and O–H groups in total. The lowest BCUT2D eigenvalue weighted by Gasteiger charge is -2.47. The lowest BCUT2D eigenvalue weighted by atomic mass is 9.68. The molecule has 5 heteroatoms. The van der Waals surface area contributed by atoms with E-state index in [9.17, 15) is 8.42 Å². The van der Waals surface area contributed by atoms with Crippen molar-refractivity contribution in [1.82, 2.24) is 0 Å². The maximum atomic E-state index is 15.8. The molecule has 0 bridgehead atoms. The molecule has 1 aliphatic heterocycles. The number of hydrogen-bond acceptors (Lipinski definition) is 2. The first-order valence-corrected chi connectivity index (χ1v) is 9.58. The first-order valence-electron chi connectivity index (χ1n) is 7.73. The molecule has 0 radical (unpaired) electrons. The Bertz CT molecular complexity index is 880. The number of benzene rings is 2. The molecule has 2 aromatic rings. The first kappa shape index (κ1) is 14.7. The van der Waals surface area contributed by atoms with E-state index in [0.29, 0.717) is 18.5 Å². The molecular weight excluding hydrogens is 313 g/mol. The summed E-state index contributed by atoms with van der Waals surface area (Å²) in [4.78, 5) is 0. The molecule has 2 aliphatic rings. The molecule has 0 spiro atoms. The number of fused-ring (bicyclic) bond motifs is 5. The molecule has 1 aliphatic carbocycles. The molecule has 2 atom stereocenters. The third kappa shape index (κ3) is 2.17. The largest absolute Gasteiger partial charge is 0.267 e. The lowest BCUT2D eigenvalue weighted by Crippen LogP contribution is -2.52. The zero-order chi connectivity index (χ0) is 16.2. The van der Waals surface area contributed by atoms with Crippen LogP contribution in [0.4, 0.5) is 10.1 Å². The minimum absolute atomic E-state index is 0.109. The predicted octanol–water partition coefficient (Wildman–Crippen LogP) is 3.25. The molecule has 1 heterocycles. The van der Waals surface area contributed by atoms with E-state index in [1.807, 2.05) is 36.4 Å². The van der Waals surface area contributed by atoms with Crippen LogP contribution in [0.1, 0.15) is 29.0 Å². The fourth-order valence-corrected chi connectivity index (χ4v) is 4.98. The van der Waals surface area contributed by atoms with Gasteiger partial charge in [-0.2, -0.15) is 0 Å². The zero-order valence-corrected chi connectivity index (χ0v) is 13.7. The molecular formula is C18H18FNO2S. The van der Waals surface area contributed by atoms with E-state index in [-0.39, 0.29) is 6.54 Å². The van der Waals surface area contributed by atoms with Gasteiger partial charge in [0.05, 0.1) is 18.5 Å². The van der Waals surface area contributed by atoms with Crippen molar-refractivity contribution in [3.8, 4) is 0 Å². The Kier molecular flexibility index (Phi) is 3.07. The van der Waals surface area contributed by atoms with Crippen LogP contribution >= 0.6 is 0 Å². The summed E-state index contributed by atoms with van der Waals surface area (Å²) >= 11 is 0. The van der Waals surface area contributed by atoms with Crippen molar-refractivity contribution in [1.29, 1.82) is 0 Å². The number of sulfonamides is 1. The number of halogens is 1. The molecule has 0 saturated carbocycles. The SMILES string of the molecule is CS(=O)(=O)N1C[C@]2(F)CCc3ccccc3[C@@H]2c2ccccc21. The molecule has 120 valence electrons. The number of nitrogens with zero attached hydrogens (tertiary/aromatic N) is 1. The van der Waals surface area contributed by atoms with Gasteiger partial charge in [0.2, 0.25) is 10.0 Å². The van der Waals surface area contributed by atoms with Crippen LogP contribution in [0, 0.1) is 0 Å². The maximum Gasteiger partial charge on any atom is 0.232 e. The quantitative estimate of drug-likeness (QED) is 0.804. The number of hydrogen-bond donors (Lipinski definition) is 0. The third-order valence-electron chi connectivity index (χ3n) is 5.02. The fourth-order valence-electron chi connectivity index (χ4n) is 4.00. The Labute approximate surface area is 135 Å². The second-order valence-electron chi connectivity index (χ2n) is 6.49. The van der Waals surface area contributed by atoms with Gasteiger partial charge in [-0.25, -0.2) is 12.8 Å². The summed E-state index contributed by atoms with van der Waals surface area (Å²) in [7, 11) is -3.51. The predicted molar refractivity (Wildman–Crippen MR) is 89.1 cm³/mol. The van der Waals surface area contributed by atoms with Crippen molar-refractivity contribution < 1.29 is 12.8 Å². The third-order valence-corrected chi connectivity index (χ3v) is 6.14. The molecule has 3 nitrogen and oxygen atoms in total. The Hall–Kier alpha value is -1.88. The molecule has 0 fully saturated rings. The highest BCUT2D eigenvalue weighted by molar-refractivity contribution is 7.92. The van der Waals surface area contributed by atoms with Crippen LogP contribution in [0.25, 0.3) is 0 Å². The van der Waals surface area contributed by atoms with Gasteiger partial charge in [0, 0.05) is 5.92 Å². The van der Waals surface area contributed by atoms with Gasteiger partial charge in [-0.1, -0.05) is 42.5 Å². The average Bonchev–Trinajstić information content (AvgIpc) is 2.52. The molecule has 0 unspecified atom stereocenters. The fraction of sp³-hybridized carbons (Fsp3) is 0.333. The Morgan fingerprint density at radius 1 is 1.09 bits per heavy atom. The Balaban J connectivity index is 1.99. The minimum atomic E-state index is -3.51. The van der Waals surface area contributed by atoms with Gasteiger partial charge in [0.15, 0.2) is 0 Å². The molecule has 4 rings (SSSR count). The van der Waals surface area contributed by atoms with Crippen molar-refractivity contribution >= 4 is 15.7 Å². The van der Waals surface area contributed by atoms with E-state index < -0.39 is 21.6 Å². The number of para-hydroxylation sites is 1. The van der Waals surface area contributed by atoms with Crippen LogP contribution in [-0.4, -0.2) is 26.9 Å². The normalized spacial score (nSPS) is 26.2. The van der Waals surface area contributed by atoms with Gasteiger partial charge >= 0.3 is 0 Å². The van der Waals surface area contributed by atoms with Crippen molar-refractivity contribution in [2.45, 2.75) is 24.4 Å². The highest BCUT2D eigenvalue weighted by Crippen LogP contribution is 2.52. The average molecular weight is 331 g/mol. The molecule has 0 saturated heterocycles. The van der Waals surface area contributed by atoms with Gasteiger partial charge in [-0.3, -0.25) is 4.31 Å². The van der Waals surface area contributed by atoms with Crippen LogP contribution in [0.5, 0.6) is 0 Å². The monoisotopic (exact) mass is 331 g/mol. The number of anilines is 1. The summed E-state index contributed by atoms with van der Waals surface area (Å²) in [6, 6.07) is 15.2. The lowest BCUT2D eigenvalue weighted by molar-refractivity contribution is 0.124. The van der Waals surface area contributed by atoms with Crippen LogP contribution in [-0.2, 0) is 16.4 Å². The summed E-state index contributed by atoms with van der Waals surface area (Å²) in [5.41, 5.74) is 1.95. The van der Waals surface area contributed by atoms with Gasteiger partial charge in [0.1, 0.15) is 5.67 Å². The van der Waals surface area contributed by atoms with Crippen LogP contribution in [0.15, 0.2) is 48.5 Å². The van der Waals surface area contributed by atoms with Gasteiger partial charge in [0.25, 0.3) is 0 Å². The smallest absolute Gasteiger partial charge is 0.232 e. The molecule has 2 aromatic carbocycles. The van der Waals surface area contributed by atoms with E-state index in [2.05, 4.69) is 0 Å². The number of alkyl halides is 1. The highest BCUT2D eigenvalue weighted by atomic mass is 32.2. The first-order chi connectivity index (χ1) is 10.9. The van der Waals surface area contributed by atoms with E-state index in [0.717, 1.165) is 22.9 Å². The van der Waals surface area contributed by atoms with Crippen LogP contribution in [0.3, 0.4) is 0 Å². The Morgan fingerprint density at radius 3 is 2.48 bits per heavy atom. The van der Waals surface area contributed by atoms with Crippen LogP contribution < -0.4 is 4.31 Å². The molecule has 23 heavy (non-hydrogen) atoms. The summed E-state index contributed by atoms with van der Waals surface area (Å²) in [6.45, 7) is -0.109. The van der Waals surface area contributed by atoms with E-state index >= 15 is 4.39 Å². The topological polar surface area (TPSA) is 37.4 Å². The van der Waals surface area contributed by atoms with Gasteiger partial charge in [-0.05, 0) is 35.6 Å². The van der Waals surface area contributed by atoms with Gasteiger partial charge < -0.3 is 0 Å². The summed E-state index contributed by atoms with van der Waals surface area (Å²) in [5, 5.41) is 0. The van der Waals surface area contributed by atoms with E-state index in [1.54, 1.807) is 12.1 Å². The zero-order valence-electron chi connectivity index (χ0n) is 12.9. The van der Waals surface area contributed by atoms with Crippen molar-refractivity contribution in [3.05, 3.63) is 65.2 Å². The Morgan fingerprint density at radius 2 is 1.74 bits per heavy atom. The van der Waals surface area contributed by atoms with E-state index in [4.69, 9.17) is 0 Å². The molecule has 0 amide bonds. The van der Waals surface area contributed by atoms with Crippen LogP contribution in [0.2, 0.25) is 0 Å². The van der Waals surface area contributed by atoms with Gasteiger partial charge in [-0.15, -0.1) is 0 Å². The summed E-state index contributed by atoms with van der Waals surface area (Å²) in [6.07, 6.45) is 2.13. The summed E-state index contributed by atoms with van der Waals surface area (Å²) in [5.74, 6) is -0.401. The van der Waals surface area contributed by atoms with Crippen molar-refractivity contribution in [3.63, 3.8) is 0 Å². The minimum Gasteiger partial charge on any atom is -0.267 e. The summed E-state index contributed by atoms with van der Waals surface area (Å²) < 4.78 is 41.4. The second-order valence-corrected chi connectivity index (χ2v) is 8.40.